The van der Waals surface area contributed by atoms with Crippen molar-refractivity contribution in [2.75, 3.05) is 19.6 Å². The molecule has 1 fully saturated rings. The minimum Gasteiger partial charge on any atom is -0.662 e. The molecule has 0 amide bonds. The van der Waals surface area contributed by atoms with Crippen molar-refractivity contribution < 1.29 is 21.1 Å². The zero-order valence-electron chi connectivity index (χ0n) is 6.25. The summed E-state index contributed by atoms with van der Waals surface area (Å²) in [5.41, 5.74) is 5.43. The van der Waals surface area contributed by atoms with E-state index in [2.05, 4.69) is 5.32 Å². The van der Waals surface area contributed by atoms with E-state index in [1.807, 2.05) is 0 Å². The van der Waals surface area contributed by atoms with Crippen molar-refractivity contribution in [2.24, 2.45) is 11.7 Å². The fourth-order valence-corrected chi connectivity index (χ4v) is 1.33. The zero-order chi connectivity index (χ0) is 6.53. The number of nitrogens with two attached hydrogens (primary N) is 1. The van der Waals surface area contributed by atoms with Crippen molar-refractivity contribution in [3.8, 4) is 0 Å². The van der Waals surface area contributed by atoms with Gasteiger partial charge in [0, 0.05) is 21.1 Å². The molecule has 1 saturated heterocycles. The first-order valence-electron chi connectivity index (χ1n) is 3.77. The van der Waals surface area contributed by atoms with Gasteiger partial charge in [-0.15, -0.1) is 13.1 Å². The summed E-state index contributed by atoms with van der Waals surface area (Å²) in [4.78, 5) is 0. The van der Waals surface area contributed by atoms with Crippen LogP contribution in [0, 0.1) is 5.92 Å². The van der Waals surface area contributed by atoms with Crippen LogP contribution in [-0.4, -0.2) is 19.6 Å². The second-order valence-electron chi connectivity index (χ2n) is 2.69. The molecular weight excluding hydrogens is 296 g/mol. The van der Waals surface area contributed by atoms with E-state index in [9.17, 15) is 0 Å². The van der Waals surface area contributed by atoms with Crippen LogP contribution in [-0.2, 0) is 21.1 Å². The molecule has 2 N–H and O–H groups in total. The Morgan fingerprint density at radius 1 is 1.30 bits per heavy atom. The van der Waals surface area contributed by atoms with Gasteiger partial charge in [-0.3, -0.25) is 0 Å². The molecule has 0 saturated carbocycles. The first-order chi connectivity index (χ1) is 4.43. The molecule has 1 rings (SSSR count). The molecule has 0 bridgehead atoms. The van der Waals surface area contributed by atoms with Crippen molar-refractivity contribution in [1.82, 2.24) is 0 Å². The summed E-state index contributed by atoms with van der Waals surface area (Å²) in [6.07, 6.45) is 3.75. The SMILES string of the molecule is NCCC1CC[N-]CC1.[W]. The van der Waals surface area contributed by atoms with E-state index < -0.39 is 0 Å². The zero-order valence-corrected chi connectivity index (χ0v) is 9.19. The maximum absolute atomic E-state index is 5.43. The molecular formula is C7H15N2W-. The maximum atomic E-state index is 5.43. The van der Waals surface area contributed by atoms with Gasteiger partial charge in [-0.1, -0.05) is 12.8 Å². The Bertz CT molecular complexity index is 69.3. The van der Waals surface area contributed by atoms with E-state index in [0.717, 1.165) is 25.6 Å². The van der Waals surface area contributed by atoms with Crippen LogP contribution in [0.5, 0.6) is 0 Å². The second-order valence-corrected chi connectivity index (χ2v) is 2.69. The Kier molecular flexibility index (Phi) is 6.71. The Morgan fingerprint density at radius 2 is 1.90 bits per heavy atom. The molecule has 0 radical (unpaired) electrons. The van der Waals surface area contributed by atoms with Gasteiger partial charge in [-0.25, -0.2) is 0 Å². The van der Waals surface area contributed by atoms with Gasteiger partial charge >= 0.3 is 0 Å². The van der Waals surface area contributed by atoms with Crippen LogP contribution in [0.1, 0.15) is 19.3 Å². The van der Waals surface area contributed by atoms with Crippen LogP contribution in [0.15, 0.2) is 0 Å². The first-order valence-corrected chi connectivity index (χ1v) is 3.77. The van der Waals surface area contributed by atoms with Crippen LogP contribution in [0.4, 0.5) is 0 Å². The molecule has 0 aromatic carbocycles. The fourth-order valence-electron chi connectivity index (χ4n) is 1.33. The summed E-state index contributed by atoms with van der Waals surface area (Å²) in [5, 5.41) is 4.27. The van der Waals surface area contributed by atoms with E-state index >= 15 is 0 Å². The van der Waals surface area contributed by atoms with Gasteiger partial charge in [0.05, 0.1) is 0 Å². The average Bonchev–Trinajstić information content (AvgIpc) is 1.91. The molecule has 0 spiro atoms. The van der Waals surface area contributed by atoms with Gasteiger partial charge in [0.25, 0.3) is 0 Å². The van der Waals surface area contributed by atoms with Gasteiger partial charge in [0.2, 0.25) is 0 Å². The summed E-state index contributed by atoms with van der Waals surface area (Å²) in [5.74, 6) is 0.882. The Balaban J connectivity index is 0.000000810. The normalized spacial score (nSPS) is 20.1. The molecule has 10 heavy (non-hydrogen) atoms. The largest absolute Gasteiger partial charge is 0.662 e. The van der Waals surface area contributed by atoms with Gasteiger partial charge in [0.1, 0.15) is 0 Å². The molecule has 0 atom stereocenters. The van der Waals surface area contributed by atoms with Gasteiger partial charge in [-0.05, 0) is 18.9 Å². The predicted molar refractivity (Wildman–Crippen MR) is 39.5 cm³/mol. The molecule has 1 heterocycles. The number of hydrogen-bond acceptors (Lipinski definition) is 1. The third-order valence-electron chi connectivity index (χ3n) is 1.97. The smallest absolute Gasteiger partial charge is 0 e. The fraction of sp³-hybridized carbons (Fsp3) is 1.00. The molecule has 0 aliphatic carbocycles. The minimum absolute atomic E-state index is 0. The molecule has 0 aromatic heterocycles. The van der Waals surface area contributed by atoms with Crippen LogP contribution < -0.4 is 5.73 Å². The van der Waals surface area contributed by atoms with Crippen LogP contribution in [0.25, 0.3) is 5.32 Å². The molecule has 60 valence electrons. The third-order valence-corrected chi connectivity index (χ3v) is 1.97. The van der Waals surface area contributed by atoms with Crippen molar-refractivity contribution in [3.63, 3.8) is 0 Å². The summed E-state index contributed by atoms with van der Waals surface area (Å²) in [6, 6.07) is 0. The quantitative estimate of drug-likeness (QED) is 0.815. The summed E-state index contributed by atoms with van der Waals surface area (Å²) >= 11 is 0. The predicted octanol–water partition coefficient (Wildman–Crippen LogP) is 1.12. The van der Waals surface area contributed by atoms with Crippen LogP contribution in [0.3, 0.4) is 0 Å². The number of nitrogens with zero attached hydrogens (tertiary/aromatic N) is 1. The van der Waals surface area contributed by atoms with E-state index in [1.165, 1.54) is 19.3 Å². The average molecular weight is 311 g/mol. The molecule has 0 unspecified atom stereocenters. The monoisotopic (exact) mass is 311 g/mol. The van der Waals surface area contributed by atoms with Crippen molar-refractivity contribution in [1.29, 1.82) is 0 Å². The van der Waals surface area contributed by atoms with Gasteiger partial charge < -0.3 is 11.1 Å². The van der Waals surface area contributed by atoms with E-state index in [1.54, 1.807) is 0 Å². The Hall–Kier alpha value is 0.608. The van der Waals surface area contributed by atoms with E-state index in [0.29, 0.717) is 0 Å². The number of piperidine rings is 1. The second kappa shape index (κ2) is 6.33. The van der Waals surface area contributed by atoms with Crippen LogP contribution >= 0.6 is 0 Å². The van der Waals surface area contributed by atoms with Gasteiger partial charge in [-0.2, -0.15) is 0 Å². The van der Waals surface area contributed by atoms with Crippen LogP contribution in [0.2, 0.25) is 0 Å². The van der Waals surface area contributed by atoms with Crippen molar-refractivity contribution in [3.05, 3.63) is 5.32 Å². The summed E-state index contributed by atoms with van der Waals surface area (Å²) in [7, 11) is 0. The number of hydrogen-bond donors (Lipinski definition) is 1. The van der Waals surface area contributed by atoms with E-state index in [4.69, 9.17) is 5.73 Å². The molecule has 3 heteroatoms. The Labute approximate surface area is 77.2 Å². The summed E-state index contributed by atoms with van der Waals surface area (Å²) in [6.45, 7) is 3.00. The summed E-state index contributed by atoms with van der Waals surface area (Å²) < 4.78 is 0. The van der Waals surface area contributed by atoms with Crippen molar-refractivity contribution in [2.45, 2.75) is 19.3 Å². The molecule has 1 aliphatic heterocycles. The molecule has 2 nitrogen and oxygen atoms in total. The van der Waals surface area contributed by atoms with Gasteiger partial charge in [0.15, 0.2) is 0 Å². The third kappa shape index (κ3) is 3.70. The standard InChI is InChI=1S/C7H15N2.W/c8-4-1-7-2-5-9-6-3-7;/h7H,1-6,8H2;/q-1;. The number of rotatable bonds is 2. The minimum atomic E-state index is 0. The molecule has 1 aliphatic rings. The van der Waals surface area contributed by atoms with E-state index in [-0.39, 0.29) is 21.1 Å². The first kappa shape index (κ1) is 10.6. The van der Waals surface area contributed by atoms with Crippen molar-refractivity contribution >= 4 is 0 Å². The Morgan fingerprint density at radius 3 is 2.40 bits per heavy atom. The maximum Gasteiger partial charge on any atom is 0 e. The molecule has 0 aromatic rings. The topological polar surface area (TPSA) is 40.1 Å².